The van der Waals surface area contributed by atoms with Gasteiger partial charge in [-0.15, -0.1) is 0 Å². The highest BCUT2D eigenvalue weighted by atomic mass is 16.3. The molecule has 0 saturated heterocycles. The van der Waals surface area contributed by atoms with Crippen LogP contribution in [-0.4, -0.2) is 15.8 Å². The van der Waals surface area contributed by atoms with Crippen LogP contribution in [0, 0.1) is 0 Å². The second-order valence-corrected chi connectivity index (χ2v) is 4.96. The first-order valence-electron chi connectivity index (χ1n) is 7.08. The van der Waals surface area contributed by atoms with Gasteiger partial charge in [0.05, 0.1) is 12.8 Å². The van der Waals surface area contributed by atoms with Crippen molar-refractivity contribution in [1.29, 1.82) is 0 Å². The van der Waals surface area contributed by atoms with Gasteiger partial charge in [-0.1, -0.05) is 30.3 Å². The van der Waals surface area contributed by atoms with Crippen molar-refractivity contribution in [1.82, 2.24) is 9.88 Å². The molecule has 0 radical (unpaired) electrons. The summed E-state index contributed by atoms with van der Waals surface area (Å²) in [6, 6.07) is 17.1. The van der Waals surface area contributed by atoms with E-state index in [-0.39, 0.29) is 5.91 Å². The third kappa shape index (κ3) is 3.41. The molecule has 0 unspecified atom stereocenters. The lowest BCUT2D eigenvalue weighted by atomic mass is 10.1. The van der Waals surface area contributed by atoms with E-state index in [9.17, 15) is 4.79 Å². The zero-order valence-corrected chi connectivity index (χ0v) is 12.1. The highest BCUT2D eigenvalue weighted by Crippen LogP contribution is 2.14. The quantitative estimate of drug-likeness (QED) is 0.723. The molecule has 0 saturated carbocycles. The number of carbonyl (C=O) groups excluding carboxylic acids is 1. The first-order chi connectivity index (χ1) is 10.8. The smallest absolute Gasteiger partial charge is 0.254 e. The third-order valence-corrected chi connectivity index (χ3v) is 3.36. The van der Waals surface area contributed by atoms with E-state index in [0.717, 1.165) is 11.3 Å². The Labute approximate surface area is 129 Å². The van der Waals surface area contributed by atoms with E-state index < -0.39 is 0 Å². The number of carbonyl (C=O) groups is 1. The summed E-state index contributed by atoms with van der Waals surface area (Å²) in [4.78, 5) is 18.5. The maximum atomic E-state index is 12.7. The molecular formula is C18H16N2O2. The average Bonchev–Trinajstić information content (AvgIpc) is 3.08. The fourth-order valence-electron chi connectivity index (χ4n) is 2.27. The number of amides is 1. The van der Waals surface area contributed by atoms with Gasteiger partial charge in [0.15, 0.2) is 0 Å². The van der Waals surface area contributed by atoms with Crippen molar-refractivity contribution in [2.24, 2.45) is 0 Å². The SMILES string of the molecule is O=C(c1ccncc1)N(Cc1ccccc1)Cc1ccco1. The first-order valence-corrected chi connectivity index (χ1v) is 7.08. The molecule has 1 aromatic carbocycles. The normalized spacial score (nSPS) is 10.4. The Hall–Kier alpha value is -2.88. The Balaban J connectivity index is 1.84. The number of benzene rings is 1. The zero-order chi connectivity index (χ0) is 15.2. The molecule has 4 nitrogen and oxygen atoms in total. The maximum absolute atomic E-state index is 12.7. The van der Waals surface area contributed by atoms with Gasteiger partial charge < -0.3 is 9.32 Å². The summed E-state index contributed by atoms with van der Waals surface area (Å²) < 4.78 is 5.38. The topological polar surface area (TPSA) is 46.3 Å². The van der Waals surface area contributed by atoms with Crippen LogP contribution < -0.4 is 0 Å². The van der Waals surface area contributed by atoms with Crippen LogP contribution in [0.3, 0.4) is 0 Å². The second-order valence-electron chi connectivity index (χ2n) is 4.96. The van der Waals surface area contributed by atoms with Gasteiger partial charge in [0.25, 0.3) is 5.91 Å². The number of pyridine rings is 1. The molecule has 0 bridgehead atoms. The molecule has 0 aliphatic heterocycles. The number of furan rings is 1. The zero-order valence-electron chi connectivity index (χ0n) is 12.1. The predicted octanol–water partition coefficient (Wildman–Crippen LogP) is 3.52. The third-order valence-electron chi connectivity index (χ3n) is 3.36. The van der Waals surface area contributed by atoms with Gasteiger partial charge in [-0.2, -0.15) is 0 Å². The molecule has 2 aromatic heterocycles. The molecule has 0 spiro atoms. The number of hydrogen-bond donors (Lipinski definition) is 0. The average molecular weight is 292 g/mol. The lowest BCUT2D eigenvalue weighted by Crippen LogP contribution is -2.30. The fraction of sp³-hybridized carbons (Fsp3) is 0.111. The molecule has 0 atom stereocenters. The monoisotopic (exact) mass is 292 g/mol. The van der Waals surface area contributed by atoms with Crippen molar-refractivity contribution < 1.29 is 9.21 Å². The van der Waals surface area contributed by atoms with Crippen LogP contribution in [0.4, 0.5) is 0 Å². The van der Waals surface area contributed by atoms with Crippen LogP contribution >= 0.6 is 0 Å². The van der Waals surface area contributed by atoms with Crippen LogP contribution in [0.1, 0.15) is 21.7 Å². The Morgan fingerprint density at radius 3 is 2.41 bits per heavy atom. The summed E-state index contributed by atoms with van der Waals surface area (Å²) in [5.41, 5.74) is 1.70. The van der Waals surface area contributed by atoms with Crippen LogP contribution in [0.5, 0.6) is 0 Å². The molecule has 4 heteroatoms. The molecule has 0 N–H and O–H groups in total. The van der Waals surface area contributed by atoms with Gasteiger partial charge >= 0.3 is 0 Å². The van der Waals surface area contributed by atoms with E-state index >= 15 is 0 Å². The molecule has 1 amide bonds. The minimum atomic E-state index is -0.0392. The van der Waals surface area contributed by atoms with Crippen molar-refractivity contribution in [3.63, 3.8) is 0 Å². The van der Waals surface area contributed by atoms with Crippen molar-refractivity contribution in [2.45, 2.75) is 13.1 Å². The van der Waals surface area contributed by atoms with Crippen LogP contribution in [0.2, 0.25) is 0 Å². The largest absolute Gasteiger partial charge is 0.467 e. The molecule has 110 valence electrons. The van der Waals surface area contributed by atoms with Gasteiger partial charge in [-0.25, -0.2) is 0 Å². The highest BCUT2D eigenvalue weighted by molar-refractivity contribution is 5.93. The van der Waals surface area contributed by atoms with Crippen molar-refractivity contribution in [3.8, 4) is 0 Å². The minimum absolute atomic E-state index is 0.0392. The first kappa shape index (κ1) is 14.1. The van der Waals surface area contributed by atoms with E-state index in [2.05, 4.69) is 4.98 Å². The highest BCUT2D eigenvalue weighted by Gasteiger charge is 2.17. The van der Waals surface area contributed by atoms with Gasteiger partial charge in [0.2, 0.25) is 0 Å². The number of aromatic nitrogens is 1. The predicted molar refractivity (Wildman–Crippen MR) is 83.0 cm³/mol. The summed E-state index contributed by atoms with van der Waals surface area (Å²) in [6.07, 6.45) is 4.87. The molecule has 22 heavy (non-hydrogen) atoms. The molecule has 0 fully saturated rings. The molecule has 3 aromatic rings. The van der Waals surface area contributed by atoms with E-state index in [4.69, 9.17) is 4.42 Å². The standard InChI is InChI=1S/C18H16N2O2/c21-18(16-8-10-19-11-9-16)20(14-17-7-4-12-22-17)13-15-5-2-1-3-6-15/h1-12H,13-14H2. The van der Waals surface area contributed by atoms with Crippen LogP contribution in [0.25, 0.3) is 0 Å². The van der Waals surface area contributed by atoms with E-state index in [1.807, 2.05) is 42.5 Å². The Bertz CT molecular complexity index is 709. The number of nitrogens with zero attached hydrogens (tertiary/aromatic N) is 2. The second kappa shape index (κ2) is 6.72. The minimum Gasteiger partial charge on any atom is -0.467 e. The van der Waals surface area contributed by atoms with Crippen molar-refractivity contribution in [2.75, 3.05) is 0 Å². The maximum Gasteiger partial charge on any atom is 0.254 e. The molecule has 0 aliphatic carbocycles. The Morgan fingerprint density at radius 2 is 1.73 bits per heavy atom. The van der Waals surface area contributed by atoms with Crippen LogP contribution in [-0.2, 0) is 13.1 Å². The molecular weight excluding hydrogens is 276 g/mol. The summed E-state index contributed by atoms with van der Waals surface area (Å²) in [6.45, 7) is 0.964. The van der Waals surface area contributed by atoms with Gasteiger partial charge in [0, 0.05) is 24.5 Å². The van der Waals surface area contributed by atoms with Crippen molar-refractivity contribution in [3.05, 3.63) is 90.1 Å². The lowest BCUT2D eigenvalue weighted by Gasteiger charge is -2.22. The van der Waals surface area contributed by atoms with Gasteiger partial charge in [-0.05, 0) is 29.8 Å². The van der Waals surface area contributed by atoms with E-state index in [1.165, 1.54) is 0 Å². The fourth-order valence-corrected chi connectivity index (χ4v) is 2.27. The Kier molecular flexibility index (Phi) is 4.30. The van der Waals surface area contributed by atoms with Crippen LogP contribution in [0.15, 0.2) is 77.7 Å². The van der Waals surface area contributed by atoms with Gasteiger partial charge in [0.1, 0.15) is 5.76 Å². The summed E-state index contributed by atoms with van der Waals surface area (Å²) >= 11 is 0. The molecule has 0 aliphatic rings. The van der Waals surface area contributed by atoms with E-state index in [0.29, 0.717) is 18.7 Å². The Morgan fingerprint density at radius 1 is 0.955 bits per heavy atom. The molecule has 2 heterocycles. The summed E-state index contributed by atoms with van der Waals surface area (Å²) in [5, 5.41) is 0. The lowest BCUT2D eigenvalue weighted by molar-refractivity contribution is 0.0717. The molecule has 3 rings (SSSR count). The van der Waals surface area contributed by atoms with Gasteiger partial charge in [-0.3, -0.25) is 9.78 Å². The summed E-state index contributed by atoms with van der Waals surface area (Å²) in [7, 11) is 0. The van der Waals surface area contributed by atoms with Crippen molar-refractivity contribution >= 4 is 5.91 Å². The summed E-state index contributed by atoms with van der Waals surface area (Å²) in [5.74, 6) is 0.723. The number of hydrogen-bond acceptors (Lipinski definition) is 3. The number of rotatable bonds is 5. The van der Waals surface area contributed by atoms with E-state index in [1.54, 1.807) is 35.7 Å².